The molecule has 0 aliphatic carbocycles. The van der Waals surface area contributed by atoms with Gasteiger partial charge in [-0.15, -0.1) is 0 Å². The average molecular weight is 386 g/mol. The van der Waals surface area contributed by atoms with Crippen LogP contribution in [-0.2, 0) is 0 Å². The number of nitrogens with one attached hydrogen (secondary N) is 1. The number of fused-ring (bicyclic) bond motifs is 1. The first-order valence-electron chi connectivity index (χ1n) is 9.03. The molecular weight excluding hydrogens is 368 g/mol. The predicted octanol–water partition coefficient (Wildman–Crippen LogP) is 4.75. The first-order valence-corrected chi connectivity index (χ1v) is 9.03. The Bertz CT molecular complexity index is 1200. The van der Waals surface area contributed by atoms with Crippen molar-refractivity contribution in [2.45, 2.75) is 13.0 Å². The number of anilines is 1. The molecule has 2 N–H and O–H groups in total. The molecule has 144 valence electrons. The number of phenols is 1. The number of phenolic OH excluding ortho intramolecular Hbond substituents is 1. The molecule has 2 aromatic carbocycles. The summed E-state index contributed by atoms with van der Waals surface area (Å²) in [7, 11) is 0. The monoisotopic (exact) mass is 386 g/mol. The lowest BCUT2D eigenvalue weighted by Crippen LogP contribution is -2.13. The van der Waals surface area contributed by atoms with E-state index in [1.54, 1.807) is 30.6 Å². The fraction of sp³-hybridized carbons (Fsp3) is 0.0909. The Morgan fingerprint density at radius 2 is 1.93 bits per heavy atom. The number of aromatic hydroxyl groups is 1. The van der Waals surface area contributed by atoms with Crippen LogP contribution in [0.1, 0.15) is 22.9 Å². The summed E-state index contributed by atoms with van der Waals surface area (Å²) in [4.78, 5) is 19.3. The number of nitrogens with zero attached hydrogens (tertiary/aromatic N) is 3. The van der Waals surface area contributed by atoms with Gasteiger partial charge in [-0.25, -0.2) is 4.98 Å². The van der Waals surface area contributed by atoms with Crippen LogP contribution in [0, 0.1) is 17.0 Å². The number of aromatic nitrogens is 2. The molecule has 0 saturated carbocycles. The predicted molar refractivity (Wildman–Crippen MR) is 111 cm³/mol. The summed E-state index contributed by atoms with van der Waals surface area (Å²) in [6.45, 7) is 1.87. The maximum atomic E-state index is 11.1. The maximum absolute atomic E-state index is 11.1. The number of rotatable bonds is 5. The SMILES string of the molecule is Cc1ccc2ccc(C(Nc3cccc([N+](=O)[O-])c3)c3cccnc3)c(O)c2n1. The van der Waals surface area contributed by atoms with Crippen LogP contribution in [0.3, 0.4) is 0 Å². The van der Waals surface area contributed by atoms with Crippen molar-refractivity contribution in [3.8, 4) is 5.75 Å². The van der Waals surface area contributed by atoms with Gasteiger partial charge in [-0.05, 0) is 30.7 Å². The standard InChI is InChI=1S/C22H18N4O3/c1-14-7-8-15-9-10-19(22(27)21(15)24-14)20(16-4-3-11-23-13-16)25-17-5-2-6-18(12-17)26(28)29/h2-13,20,25,27H,1H3. The van der Waals surface area contributed by atoms with Gasteiger partial charge in [0.25, 0.3) is 5.69 Å². The first-order chi connectivity index (χ1) is 14.0. The molecule has 1 unspecified atom stereocenters. The Morgan fingerprint density at radius 3 is 2.69 bits per heavy atom. The van der Waals surface area contributed by atoms with Crippen molar-refractivity contribution in [3.05, 3.63) is 100.0 Å². The summed E-state index contributed by atoms with van der Waals surface area (Å²) in [6.07, 6.45) is 3.36. The number of benzene rings is 2. The summed E-state index contributed by atoms with van der Waals surface area (Å²) < 4.78 is 0. The molecule has 0 saturated heterocycles. The molecule has 0 aliphatic rings. The van der Waals surface area contributed by atoms with E-state index in [2.05, 4.69) is 15.3 Å². The van der Waals surface area contributed by atoms with Gasteiger partial charge in [0.15, 0.2) is 0 Å². The van der Waals surface area contributed by atoms with Crippen LogP contribution in [0.25, 0.3) is 10.9 Å². The Kier molecular flexibility index (Phi) is 4.78. The number of aryl methyl sites for hydroxylation is 1. The minimum atomic E-state index is -0.475. The zero-order valence-electron chi connectivity index (χ0n) is 15.6. The summed E-state index contributed by atoms with van der Waals surface area (Å²) in [5.41, 5.74) is 3.27. The van der Waals surface area contributed by atoms with E-state index in [0.29, 0.717) is 16.8 Å². The van der Waals surface area contributed by atoms with Crippen molar-refractivity contribution >= 4 is 22.3 Å². The van der Waals surface area contributed by atoms with E-state index in [0.717, 1.165) is 16.6 Å². The van der Waals surface area contributed by atoms with Crippen molar-refractivity contribution in [3.63, 3.8) is 0 Å². The number of pyridine rings is 2. The lowest BCUT2D eigenvalue weighted by atomic mass is 9.97. The Balaban J connectivity index is 1.84. The van der Waals surface area contributed by atoms with Crippen molar-refractivity contribution in [1.82, 2.24) is 9.97 Å². The molecule has 29 heavy (non-hydrogen) atoms. The molecule has 0 radical (unpaired) electrons. The van der Waals surface area contributed by atoms with Crippen molar-refractivity contribution in [2.75, 3.05) is 5.32 Å². The molecule has 0 amide bonds. The molecule has 0 spiro atoms. The zero-order chi connectivity index (χ0) is 20.4. The number of nitro benzene ring substituents is 1. The van der Waals surface area contributed by atoms with Crippen LogP contribution in [-0.4, -0.2) is 20.0 Å². The molecular formula is C22H18N4O3. The third-order valence-electron chi connectivity index (χ3n) is 4.70. The fourth-order valence-corrected chi connectivity index (χ4v) is 3.28. The third-order valence-corrected chi connectivity index (χ3v) is 4.70. The lowest BCUT2D eigenvalue weighted by molar-refractivity contribution is -0.384. The topological polar surface area (TPSA) is 101 Å². The van der Waals surface area contributed by atoms with Gasteiger partial charge >= 0.3 is 0 Å². The summed E-state index contributed by atoms with van der Waals surface area (Å²) in [6, 6.07) is 17.0. The number of nitro groups is 1. The molecule has 0 fully saturated rings. The molecule has 0 aliphatic heterocycles. The molecule has 7 nitrogen and oxygen atoms in total. The zero-order valence-corrected chi connectivity index (χ0v) is 15.6. The quantitative estimate of drug-likeness (QED) is 0.379. The van der Waals surface area contributed by atoms with Crippen LogP contribution in [0.5, 0.6) is 5.75 Å². The van der Waals surface area contributed by atoms with E-state index in [9.17, 15) is 15.2 Å². The van der Waals surface area contributed by atoms with Crippen molar-refractivity contribution in [2.24, 2.45) is 0 Å². The highest BCUT2D eigenvalue weighted by Gasteiger charge is 2.21. The average Bonchev–Trinajstić information content (AvgIpc) is 2.74. The molecule has 2 aromatic heterocycles. The van der Waals surface area contributed by atoms with E-state index in [4.69, 9.17) is 0 Å². The molecule has 7 heteroatoms. The van der Waals surface area contributed by atoms with Crippen LogP contribution in [0.4, 0.5) is 11.4 Å². The second-order valence-corrected chi connectivity index (χ2v) is 6.70. The van der Waals surface area contributed by atoms with E-state index >= 15 is 0 Å². The largest absolute Gasteiger partial charge is 0.505 e. The molecule has 2 heterocycles. The highest BCUT2D eigenvalue weighted by molar-refractivity contribution is 5.86. The van der Waals surface area contributed by atoms with E-state index in [1.807, 2.05) is 37.3 Å². The van der Waals surface area contributed by atoms with E-state index in [-0.39, 0.29) is 11.4 Å². The van der Waals surface area contributed by atoms with Gasteiger partial charge in [0, 0.05) is 46.9 Å². The van der Waals surface area contributed by atoms with Gasteiger partial charge in [0.1, 0.15) is 11.3 Å². The Labute approximate surface area is 166 Å². The minimum Gasteiger partial charge on any atom is -0.505 e. The highest BCUT2D eigenvalue weighted by atomic mass is 16.6. The van der Waals surface area contributed by atoms with Gasteiger partial charge in [0.05, 0.1) is 11.0 Å². The molecule has 0 bridgehead atoms. The highest BCUT2D eigenvalue weighted by Crippen LogP contribution is 2.36. The van der Waals surface area contributed by atoms with Crippen molar-refractivity contribution < 1.29 is 10.0 Å². The van der Waals surface area contributed by atoms with Gasteiger partial charge in [-0.1, -0.05) is 30.3 Å². The number of non-ortho nitro benzene ring substituents is 1. The third kappa shape index (κ3) is 3.70. The molecule has 4 aromatic rings. The second-order valence-electron chi connectivity index (χ2n) is 6.70. The summed E-state index contributed by atoms with van der Waals surface area (Å²) in [5.74, 6) is 0.0676. The lowest BCUT2D eigenvalue weighted by Gasteiger charge is -2.22. The van der Waals surface area contributed by atoms with E-state index < -0.39 is 11.0 Å². The normalized spacial score (nSPS) is 11.9. The number of hydrogen-bond donors (Lipinski definition) is 2. The van der Waals surface area contributed by atoms with Crippen LogP contribution >= 0.6 is 0 Å². The summed E-state index contributed by atoms with van der Waals surface area (Å²) >= 11 is 0. The van der Waals surface area contributed by atoms with Crippen molar-refractivity contribution in [1.29, 1.82) is 0 Å². The molecule has 1 atom stereocenters. The maximum Gasteiger partial charge on any atom is 0.271 e. The minimum absolute atomic E-state index is 0.0139. The van der Waals surface area contributed by atoms with Crippen LogP contribution in [0.2, 0.25) is 0 Å². The first kappa shape index (κ1) is 18.4. The van der Waals surface area contributed by atoms with Gasteiger partial charge in [0.2, 0.25) is 0 Å². The number of hydrogen-bond acceptors (Lipinski definition) is 6. The fourth-order valence-electron chi connectivity index (χ4n) is 3.28. The van der Waals surface area contributed by atoms with E-state index in [1.165, 1.54) is 12.1 Å². The second kappa shape index (κ2) is 7.55. The molecule has 4 rings (SSSR count). The van der Waals surface area contributed by atoms with Gasteiger partial charge in [-0.2, -0.15) is 0 Å². The van der Waals surface area contributed by atoms with Crippen LogP contribution < -0.4 is 5.32 Å². The Morgan fingerprint density at radius 1 is 1.10 bits per heavy atom. The van der Waals surface area contributed by atoms with Gasteiger partial charge < -0.3 is 10.4 Å². The Hall–Kier alpha value is -4.00. The smallest absolute Gasteiger partial charge is 0.271 e. The summed E-state index contributed by atoms with van der Waals surface area (Å²) in [5, 5.41) is 26.3. The van der Waals surface area contributed by atoms with Gasteiger partial charge in [-0.3, -0.25) is 15.1 Å². The van der Waals surface area contributed by atoms with Crippen LogP contribution in [0.15, 0.2) is 73.1 Å².